The van der Waals surface area contributed by atoms with Gasteiger partial charge in [-0.15, -0.1) is 0 Å². The smallest absolute Gasteiger partial charge is 0.231 e. The maximum absolute atomic E-state index is 13.3. The molecule has 0 aromatic heterocycles. The van der Waals surface area contributed by atoms with Crippen LogP contribution in [-0.4, -0.2) is 6.79 Å². The first kappa shape index (κ1) is 13.3. The van der Waals surface area contributed by atoms with Crippen LogP contribution in [0.5, 0.6) is 11.5 Å². The number of benzene rings is 2. The highest BCUT2D eigenvalue weighted by molar-refractivity contribution is 6.33. The lowest BCUT2D eigenvalue weighted by Crippen LogP contribution is -2.00. The van der Waals surface area contributed by atoms with Crippen molar-refractivity contribution in [2.75, 3.05) is 12.1 Å². The van der Waals surface area contributed by atoms with Crippen LogP contribution in [0.4, 0.5) is 10.1 Å². The molecule has 0 saturated carbocycles. The predicted octanol–water partition coefficient (Wildman–Crippen LogP) is 4.47. The fraction of sp³-hybridized carbons (Fsp3) is 0.143. The average Bonchev–Trinajstić information content (AvgIpc) is 2.87. The Morgan fingerprint density at radius 3 is 2.55 bits per heavy atom. The molecule has 0 spiro atoms. The molecule has 0 unspecified atom stereocenters. The van der Waals surface area contributed by atoms with Gasteiger partial charge in [-0.2, -0.15) is 0 Å². The van der Waals surface area contributed by atoms with Gasteiger partial charge in [0.05, 0.1) is 15.7 Å². The van der Waals surface area contributed by atoms with E-state index < -0.39 is 5.82 Å². The Morgan fingerprint density at radius 1 is 1.05 bits per heavy atom. The van der Waals surface area contributed by atoms with E-state index in [9.17, 15) is 4.39 Å². The van der Waals surface area contributed by atoms with Crippen LogP contribution >= 0.6 is 23.2 Å². The lowest BCUT2D eigenvalue weighted by atomic mass is 10.2. The van der Waals surface area contributed by atoms with Crippen molar-refractivity contribution in [3.8, 4) is 11.5 Å². The van der Waals surface area contributed by atoms with Crippen LogP contribution in [0.15, 0.2) is 30.3 Å². The van der Waals surface area contributed by atoms with Crippen molar-refractivity contribution >= 4 is 28.9 Å². The fourth-order valence-corrected chi connectivity index (χ4v) is 2.24. The van der Waals surface area contributed by atoms with E-state index in [0.717, 1.165) is 5.56 Å². The summed E-state index contributed by atoms with van der Waals surface area (Å²) in [4.78, 5) is 0. The van der Waals surface area contributed by atoms with E-state index in [4.69, 9.17) is 32.7 Å². The Bertz CT molecular complexity index is 664. The number of rotatable bonds is 3. The molecule has 6 heteroatoms. The third-order valence-corrected chi connectivity index (χ3v) is 3.55. The molecule has 0 bridgehead atoms. The second-order valence-corrected chi connectivity index (χ2v) is 5.10. The third-order valence-electron chi connectivity index (χ3n) is 2.93. The van der Waals surface area contributed by atoms with Gasteiger partial charge in [-0.1, -0.05) is 29.3 Å². The molecular formula is C14H10Cl2FNO2. The van der Waals surface area contributed by atoms with Crippen LogP contribution in [0.3, 0.4) is 0 Å². The number of fused-ring (bicyclic) bond motifs is 1. The SMILES string of the molecule is Fc1cc(CNc2cc3c(cc2Cl)OCO3)ccc1Cl. The molecule has 1 N–H and O–H groups in total. The van der Waals surface area contributed by atoms with Gasteiger partial charge in [-0.05, 0) is 17.7 Å². The second-order valence-electron chi connectivity index (χ2n) is 4.29. The van der Waals surface area contributed by atoms with Crippen molar-refractivity contribution in [2.24, 2.45) is 0 Å². The number of hydrogen-bond donors (Lipinski definition) is 1. The molecule has 0 radical (unpaired) electrons. The summed E-state index contributed by atoms with van der Waals surface area (Å²) in [6.07, 6.45) is 0. The van der Waals surface area contributed by atoms with Crippen molar-refractivity contribution < 1.29 is 13.9 Å². The molecule has 104 valence electrons. The summed E-state index contributed by atoms with van der Waals surface area (Å²) in [6.45, 7) is 0.616. The van der Waals surface area contributed by atoms with Crippen LogP contribution in [0.2, 0.25) is 10.0 Å². The molecule has 0 atom stereocenters. The first-order chi connectivity index (χ1) is 9.63. The molecule has 2 aromatic rings. The van der Waals surface area contributed by atoms with E-state index in [1.165, 1.54) is 12.1 Å². The summed E-state index contributed by atoms with van der Waals surface area (Å²) in [5, 5.41) is 3.75. The Labute approximate surface area is 125 Å². The van der Waals surface area contributed by atoms with Crippen LogP contribution in [0, 0.1) is 5.82 Å². The highest BCUT2D eigenvalue weighted by atomic mass is 35.5. The molecule has 1 aliphatic rings. The molecule has 0 amide bonds. The summed E-state index contributed by atoms with van der Waals surface area (Å²) in [6, 6.07) is 8.11. The highest BCUT2D eigenvalue weighted by Crippen LogP contribution is 2.39. The molecule has 3 rings (SSSR count). The molecule has 0 saturated heterocycles. The lowest BCUT2D eigenvalue weighted by molar-refractivity contribution is 0.174. The van der Waals surface area contributed by atoms with Crippen molar-refractivity contribution in [2.45, 2.75) is 6.54 Å². The molecule has 1 heterocycles. The molecule has 2 aromatic carbocycles. The summed E-state index contributed by atoms with van der Waals surface area (Å²) in [7, 11) is 0. The van der Waals surface area contributed by atoms with E-state index in [2.05, 4.69) is 5.32 Å². The average molecular weight is 314 g/mol. The Balaban J connectivity index is 1.76. The van der Waals surface area contributed by atoms with Crippen LogP contribution in [0.25, 0.3) is 0 Å². The quantitative estimate of drug-likeness (QED) is 0.906. The first-order valence-corrected chi connectivity index (χ1v) is 6.66. The Kier molecular flexibility index (Phi) is 3.59. The Morgan fingerprint density at radius 2 is 1.80 bits per heavy atom. The number of halogens is 3. The van der Waals surface area contributed by atoms with E-state index in [-0.39, 0.29) is 11.8 Å². The summed E-state index contributed by atoms with van der Waals surface area (Å²) in [5.74, 6) is 0.819. The standard InChI is InChI=1S/C14H10Cl2FNO2/c15-9-2-1-8(3-11(9)17)6-18-12-5-14-13(4-10(12)16)19-7-20-14/h1-5,18H,6-7H2. The van der Waals surface area contributed by atoms with E-state index in [1.54, 1.807) is 18.2 Å². The van der Waals surface area contributed by atoms with E-state index in [1.807, 2.05) is 0 Å². The normalized spacial score (nSPS) is 12.6. The zero-order valence-corrected chi connectivity index (χ0v) is 11.8. The molecule has 3 nitrogen and oxygen atoms in total. The molecule has 0 aliphatic carbocycles. The molecular weight excluding hydrogens is 304 g/mol. The third kappa shape index (κ3) is 2.62. The maximum Gasteiger partial charge on any atom is 0.231 e. The second kappa shape index (κ2) is 5.38. The highest BCUT2D eigenvalue weighted by Gasteiger charge is 2.16. The molecule has 0 fully saturated rings. The lowest BCUT2D eigenvalue weighted by Gasteiger charge is -2.10. The Hall–Kier alpha value is -1.65. The molecule has 20 heavy (non-hydrogen) atoms. The van der Waals surface area contributed by atoms with E-state index >= 15 is 0 Å². The number of nitrogens with one attached hydrogen (secondary N) is 1. The fourth-order valence-electron chi connectivity index (χ4n) is 1.90. The largest absolute Gasteiger partial charge is 0.454 e. The molecule has 1 aliphatic heterocycles. The monoisotopic (exact) mass is 313 g/mol. The van der Waals surface area contributed by atoms with Gasteiger partial charge in [0.15, 0.2) is 11.5 Å². The zero-order valence-electron chi connectivity index (χ0n) is 10.3. The van der Waals surface area contributed by atoms with Gasteiger partial charge >= 0.3 is 0 Å². The van der Waals surface area contributed by atoms with Crippen molar-refractivity contribution in [1.29, 1.82) is 0 Å². The number of ether oxygens (including phenoxy) is 2. The van der Waals surface area contributed by atoms with Crippen LogP contribution < -0.4 is 14.8 Å². The van der Waals surface area contributed by atoms with Gasteiger partial charge in [0, 0.05) is 18.7 Å². The summed E-state index contributed by atoms with van der Waals surface area (Å²) in [5.41, 5.74) is 1.46. The van der Waals surface area contributed by atoms with Crippen molar-refractivity contribution in [3.63, 3.8) is 0 Å². The van der Waals surface area contributed by atoms with Gasteiger partial charge in [0.2, 0.25) is 6.79 Å². The zero-order chi connectivity index (χ0) is 14.1. The summed E-state index contributed by atoms with van der Waals surface area (Å²) < 4.78 is 23.9. The van der Waals surface area contributed by atoms with Gasteiger partial charge < -0.3 is 14.8 Å². The number of hydrogen-bond acceptors (Lipinski definition) is 3. The minimum Gasteiger partial charge on any atom is -0.454 e. The number of anilines is 1. The van der Waals surface area contributed by atoms with Crippen LogP contribution in [0.1, 0.15) is 5.56 Å². The minimum absolute atomic E-state index is 0.106. The van der Waals surface area contributed by atoms with Gasteiger partial charge in [0.25, 0.3) is 0 Å². The van der Waals surface area contributed by atoms with Gasteiger partial charge in [-0.3, -0.25) is 0 Å². The van der Waals surface area contributed by atoms with Gasteiger partial charge in [-0.25, -0.2) is 4.39 Å². The first-order valence-electron chi connectivity index (χ1n) is 5.90. The van der Waals surface area contributed by atoms with Gasteiger partial charge in [0.1, 0.15) is 5.82 Å². The van der Waals surface area contributed by atoms with Crippen LogP contribution in [-0.2, 0) is 6.54 Å². The maximum atomic E-state index is 13.3. The topological polar surface area (TPSA) is 30.5 Å². The van der Waals surface area contributed by atoms with Crippen molar-refractivity contribution in [1.82, 2.24) is 0 Å². The predicted molar refractivity (Wildman–Crippen MR) is 76.3 cm³/mol. The van der Waals surface area contributed by atoms with Crippen molar-refractivity contribution in [3.05, 3.63) is 51.8 Å². The van der Waals surface area contributed by atoms with E-state index in [0.29, 0.717) is 28.8 Å². The summed E-state index contributed by atoms with van der Waals surface area (Å²) >= 11 is 11.8. The minimum atomic E-state index is -0.442.